The summed E-state index contributed by atoms with van der Waals surface area (Å²) in [5.74, 6) is 0.416. The van der Waals surface area contributed by atoms with E-state index in [1.807, 2.05) is 6.92 Å². The van der Waals surface area contributed by atoms with Crippen molar-refractivity contribution < 1.29 is 4.92 Å². The molecule has 6 heteroatoms. The molecule has 0 unspecified atom stereocenters. The van der Waals surface area contributed by atoms with Crippen LogP contribution in [0, 0.1) is 10.1 Å². The van der Waals surface area contributed by atoms with Gasteiger partial charge >= 0.3 is 5.69 Å². The molecular formula is C10H16N4O2. The van der Waals surface area contributed by atoms with Gasteiger partial charge in [-0.15, -0.1) is 5.10 Å². The van der Waals surface area contributed by atoms with E-state index in [1.165, 1.54) is 19.0 Å². The number of rotatable bonds is 4. The zero-order valence-corrected chi connectivity index (χ0v) is 9.35. The summed E-state index contributed by atoms with van der Waals surface area (Å²) >= 11 is 0. The topological polar surface area (TPSA) is 73.0 Å². The minimum Gasteiger partial charge on any atom is -0.360 e. The van der Waals surface area contributed by atoms with Crippen LogP contribution in [0.25, 0.3) is 0 Å². The van der Waals surface area contributed by atoms with Gasteiger partial charge in [-0.2, -0.15) is 0 Å². The number of hydrogen-bond donors (Lipinski definition) is 1. The van der Waals surface area contributed by atoms with Gasteiger partial charge in [0, 0.05) is 12.6 Å². The van der Waals surface area contributed by atoms with Gasteiger partial charge in [-0.25, -0.2) is 0 Å². The van der Waals surface area contributed by atoms with Crippen molar-refractivity contribution in [1.82, 2.24) is 9.78 Å². The smallest absolute Gasteiger partial charge is 0.330 e. The molecule has 0 aromatic carbocycles. The van der Waals surface area contributed by atoms with Gasteiger partial charge in [0.15, 0.2) is 0 Å². The summed E-state index contributed by atoms with van der Waals surface area (Å²) in [4.78, 5) is 10.5. The molecule has 0 amide bonds. The minimum atomic E-state index is -0.379. The van der Waals surface area contributed by atoms with E-state index in [-0.39, 0.29) is 10.6 Å². The first kappa shape index (κ1) is 10.9. The summed E-state index contributed by atoms with van der Waals surface area (Å²) in [7, 11) is 0. The van der Waals surface area contributed by atoms with Gasteiger partial charge in [0.2, 0.25) is 5.82 Å². The van der Waals surface area contributed by atoms with Gasteiger partial charge in [-0.05, 0) is 19.8 Å². The van der Waals surface area contributed by atoms with Crippen LogP contribution < -0.4 is 5.32 Å². The molecule has 1 aromatic rings. The second-order valence-electron chi connectivity index (χ2n) is 4.10. The Hall–Kier alpha value is -1.59. The Labute approximate surface area is 93.8 Å². The first-order valence-corrected chi connectivity index (χ1v) is 5.69. The third-order valence-electron chi connectivity index (χ3n) is 2.96. The average molecular weight is 224 g/mol. The van der Waals surface area contributed by atoms with Crippen LogP contribution in [-0.2, 0) is 6.54 Å². The fourth-order valence-electron chi connectivity index (χ4n) is 2.07. The maximum absolute atomic E-state index is 10.8. The van der Waals surface area contributed by atoms with E-state index in [1.54, 1.807) is 4.68 Å². The predicted molar refractivity (Wildman–Crippen MR) is 60.4 cm³/mol. The number of aromatic nitrogens is 2. The number of anilines is 1. The normalized spacial score (nSPS) is 16.6. The number of hydrogen-bond acceptors (Lipinski definition) is 4. The third kappa shape index (κ3) is 2.15. The van der Waals surface area contributed by atoms with Crippen LogP contribution in [0.3, 0.4) is 0 Å². The lowest BCUT2D eigenvalue weighted by Gasteiger charge is -2.09. The summed E-state index contributed by atoms with van der Waals surface area (Å²) in [6.45, 7) is 2.56. The maximum Gasteiger partial charge on any atom is 0.330 e. The van der Waals surface area contributed by atoms with Crippen molar-refractivity contribution in [1.29, 1.82) is 0 Å². The molecule has 1 aliphatic rings. The van der Waals surface area contributed by atoms with Crippen molar-refractivity contribution in [2.24, 2.45) is 0 Å². The monoisotopic (exact) mass is 224 g/mol. The number of nitrogens with one attached hydrogen (secondary N) is 1. The molecule has 2 rings (SSSR count). The zero-order chi connectivity index (χ0) is 11.5. The Morgan fingerprint density at radius 3 is 2.88 bits per heavy atom. The molecule has 0 atom stereocenters. The van der Waals surface area contributed by atoms with Gasteiger partial charge in [-0.1, -0.05) is 12.8 Å². The van der Waals surface area contributed by atoms with Crippen LogP contribution in [0.15, 0.2) is 6.20 Å². The van der Waals surface area contributed by atoms with Crippen molar-refractivity contribution in [3.63, 3.8) is 0 Å². The van der Waals surface area contributed by atoms with Gasteiger partial charge in [0.25, 0.3) is 0 Å². The van der Waals surface area contributed by atoms with E-state index in [2.05, 4.69) is 10.4 Å². The quantitative estimate of drug-likeness (QED) is 0.628. The summed E-state index contributed by atoms with van der Waals surface area (Å²) in [5, 5.41) is 18.2. The summed E-state index contributed by atoms with van der Waals surface area (Å²) in [6.07, 6.45) is 6.03. The van der Waals surface area contributed by atoms with Crippen LogP contribution >= 0.6 is 0 Å². The van der Waals surface area contributed by atoms with Crippen LogP contribution in [0.2, 0.25) is 0 Å². The van der Waals surface area contributed by atoms with Gasteiger partial charge in [-0.3, -0.25) is 14.8 Å². The Kier molecular flexibility index (Phi) is 3.07. The molecule has 0 radical (unpaired) electrons. The van der Waals surface area contributed by atoms with Crippen LogP contribution in [0.4, 0.5) is 11.5 Å². The maximum atomic E-state index is 10.8. The van der Waals surface area contributed by atoms with Crippen LogP contribution in [0.5, 0.6) is 0 Å². The predicted octanol–water partition coefficient (Wildman–Crippen LogP) is 2.17. The van der Waals surface area contributed by atoms with E-state index >= 15 is 0 Å². The Balaban J connectivity index is 2.17. The molecule has 1 heterocycles. The molecule has 16 heavy (non-hydrogen) atoms. The molecule has 1 fully saturated rings. The highest BCUT2D eigenvalue weighted by molar-refractivity contribution is 5.55. The fourth-order valence-corrected chi connectivity index (χ4v) is 2.07. The number of nitro groups is 1. The molecule has 1 saturated carbocycles. The number of nitrogens with zero attached hydrogens (tertiary/aromatic N) is 3. The molecule has 88 valence electrons. The highest BCUT2D eigenvalue weighted by Crippen LogP contribution is 2.27. The van der Waals surface area contributed by atoms with Gasteiger partial charge in [0.1, 0.15) is 6.20 Å². The molecule has 0 bridgehead atoms. The Morgan fingerprint density at radius 2 is 2.31 bits per heavy atom. The van der Waals surface area contributed by atoms with E-state index in [4.69, 9.17) is 0 Å². The van der Waals surface area contributed by atoms with Crippen molar-refractivity contribution in [2.45, 2.75) is 45.2 Å². The summed E-state index contributed by atoms with van der Waals surface area (Å²) in [5.41, 5.74) is 0.0775. The molecule has 1 aliphatic carbocycles. The van der Waals surface area contributed by atoms with E-state index < -0.39 is 0 Å². The van der Waals surface area contributed by atoms with Crippen LogP contribution in [0.1, 0.15) is 32.6 Å². The lowest BCUT2D eigenvalue weighted by atomic mass is 10.2. The van der Waals surface area contributed by atoms with Crippen molar-refractivity contribution >= 4 is 11.5 Å². The highest BCUT2D eigenvalue weighted by atomic mass is 16.6. The second-order valence-corrected chi connectivity index (χ2v) is 4.10. The lowest BCUT2D eigenvalue weighted by molar-refractivity contribution is -0.384. The Bertz CT molecular complexity index is 382. The molecule has 1 N–H and O–H groups in total. The molecule has 0 saturated heterocycles. The molecule has 6 nitrogen and oxygen atoms in total. The average Bonchev–Trinajstić information content (AvgIpc) is 2.87. The molecular weight excluding hydrogens is 208 g/mol. The first-order valence-electron chi connectivity index (χ1n) is 5.69. The zero-order valence-electron chi connectivity index (χ0n) is 9.35. The van der Waals surface area contributed by atoms with E-state index in [0.29, 0.717) is 18.4 Å². The largest absolute Gasteiger partial charge is 0.360 e. The van der Waals surface area contributed by atoms with E-state index in [9.17, 15) is 10.1 Å². The third-order valence-corrected chi connectivity index (χ3v) is 2.96. The number of aryl methyl sites for hydroxylation is 1. The van der Waals surface area contributed by atoms with Crippen molar-refractivity contribution in [2.75, 3.05) is 5.32 Å². The highest BCUT2D eigenvalue weighted by Gasteiger charge is 2.23. The van der Waals surface area contributed by atoms with Gasteiger partial charge < -0.3 is 5.32 Å². The standard InChI is InChI=1S/C10H16N4O2/c1-2-13-7-9(14(15)16)10(12-13)11-8-5-3-4-6-8/h7-8H,2-6H2,1H3,(H,11,12). The fraction of sp³-hybridized carbons (Fsp3) is 0.700. The Morgan fingerprint density at radius 1 is 1.62 bits per heavy atom. The van der Waals surface area contributed by atoms with Crippen LogP contribution in [-0.4, -0.2) is 20.7 Å². The van der Waals surface area contributed by atoms with Crippen molar-refractivity contribution in [3.05, 3.63) is 16.3 Å². The molecule has 0 spiro atoms. The minimum absolute atomic E-state index is 0.0775. The van der Waals surface area contributed by atoms with Crippen molar-refractivity contribution in [3.8, 4) is 0 Å². The summed E-state index contributed by atoms with van der Waals surface area (Å²) < 4.78 is 1.59. The molecule has 1 aromatic heterocycles. The SMILES string of the molecule is CCn1cc([N+](=O)[O-])c(NC2CCCC2)n1. The molecule has 0 aliphatic heterocycles. The second kappa shape index (κ2) is 4.51. The van der Waals surface area contributed by atoms with E-state index in [0.717, 1.165) is 12.8 Å². The first-order chi connectivity index (χ1) is 7.70. The van der Waals surface area contributed by atoms with Gasteiger partial charge in [0.05, 0.1) is 4.92 Å². The lowest BCUT2D eigenvalue weighted by Crippen LogP contribution is -2.15. The summed E-state index contributed by atoms with van der Waals surface area (Å²) in [6, 6.07) is 0.346.